The molecule has 1 saturated heterocycles. The summed E-state index contributed by atoms with van der Waals surface area (Å²) in [5.41, 5.74) is 3.88. The smallest absolute Gasteiger partial charge is 0.242 e. The van der Waals surface area contributed by atoms with Gasteiger partial charge in [-0.1, -0.05) is 54.6 Å². The number of anilines is 1. The summed E-state index contributed by atoms with van der Waals surface area (Å²) in [6, 6.07) is 15.8. The molecule has 1 fully saturated rings. The van der Waals surface area contributed by atoms with E-state index in [1.807, 2.05) is 72.7 Å². The lowest BCUT2D eigenvalue weighted by molar-refractivity contribution is -0.131. The van der Waals surface area contributed by atoms with Gasteiger partial charge < -0.3 is 14.8 Å². The minimum absolute atomic E-state index is 0.110. The van der Waals surface area contributed by atoms with E-state index in [-0.39, 0.29) is 11.8 Å². The van der Waals surface area contributed by atoms with Gasteiger partial charge in [-0.05, 0) is 62.4 Å². The lowest BCUT2D eigenvalue weighted by Gasteiger charge is -2.21. The summed E-state index contributed by atoms with van der Waals surface area (Å²) in [5, 5.41) is 12.1. The number of amides is 2. The number of aryl methyl sites for hydroxylation is 2. The molecule has 0 saturated carbocycles. The first-order valence-electron chi connectivity index (χ1n) is 12.2. The summed E-state index contributed by atoms with van der Waals surface area (Å²) >= 11 is 1.39. The second kappa shape index (κ2) is 11.5. The molecule has 2 aromatic carbocycles. The number of hydrogen-bond acceptors (Lipinski definition) is 5. The summed E-state index contributed by atoms with van der Waals surface area (Å²) in [5.74, 6) is 0.824. The van der Waals surface area contributed by atoms with Crippen LogP contribution in [-0.4, -0.2) is 38.0 Å². The van der Waals surface area contributed by atoms with Crippen molar-refractivity contribution in [3.63, 3.8) is 0 Å². The fourth-order valence-corrected chi connectivity index (χ4v) is 5.60. The van der Waals surface area contributed by atoms with Crippen molar-refractivity contribution < 1.29 is 9.59 Å². The van der Waals surface area contributed by atoms with E-state index in [0.717, 1.165) is 54.0 Å². The van der Waals surface area contributed by atoms with Crippen LogP contribution in [0.3, 0.4) is 0 Å². The van der Waals surface area contributed by atoms with Crippen molar-refractivity contribution in [3.8, 4) is 0 Å². The zero-order valence-corrected chi connectivity index (χ0v) is 21.5. The number of nitrogens with one attached hydrogen (secondary N) is 1. The van der Waals surface area contributed by atoms with Crippen LogP contribution in [-0.2, 0) is 22.7 Å². The number of carbonyl (C=O) groups is 2. The highest BCUT2D eigenvalue weighted by Gasteiger charge is 2.27. The number of aromatic nitrogens is 3. The Morgan fingerprint density at radius 1 is 1.06 bits per heavy atom. The molecule has 184 valence electrons. The predicted molar refractivity (Wildman–Crippen MR) is 139 cm³/mol. The summed E-state index contributed by atoms with van der Waals surface area (Å²) in [6.07, 6.45) is 3.64. The average Bonchev–Trinajstić information content (AvgIpc) is 3.10. The van der Waals surface area contributed by atoms with Crippen LogP contribution in [0.2, 0.25) is 0 Å². The maximum absolute atomic E-state index is 13.5. The van der Waals surface area contributed by atoms with E-state index < -0.39 is 5.25 Å². The number of rotatable bonds is 8. The van der Waals surface area contributed by atoms with Gasteiger partial charge in [-0.25, -0.2) is 0 Å². The fraction of sp³-hybridized carbons (Fsp3) is 0.407. The van der Waals surface area contributed by atoms with Crippen molar-refractivity contribution in [1.29, 1.82) is 0 Å². The van der Waals surface area contributed by atoms with E-state index in [9.17, 15) is 9.59 Å². The number of thioether (sulfide) groups is 1. The van der Waals surface area contributed by atoms with Gasteiger partial charge in [0.2, 0.25) is 11.8 Å². The maximum atomic E-state index is 13.5. The lowest BCUT2D eigenvalue weighted by atomic mass is 10.1. The number of benzene rings is 2. The molecule has 1 aromatic heterocycles. The van der Waals surface area contributed by atoms with Gasteiger partial charge in [-0.3, -0.25) is 9.59 Å². The molecular formula is C27H33N5O2S. The molecule has 0 bridgehead atoms. The molecule has 1 aliphatic rings. The molecule has 35 heavy (non-hydrogen) atoms. The maximum Gasteiger partial charge on any atom is 0.242 e. The molecule has 1 aliphatic heterocycles. The molecule has 2 heterocycles. The lowest BCUT2D eigenvalue weighted by Crippen LogP contribution is -2.31. The molecule has 8 heteroatoms. The first-order valence-corrected chi connectivity index (χ1v) is 13.1. The van der Waals surface area contributed by atoms with Crippen molar-refractivity contribution in [3.05, 3.63) is 71.0 Å². The van der Waals surface area contributed by atoms with E-state index >= 15 is 0 Å². The average molecular weight is 492 g/mol. The molecule has 1 N–H and O–H groups in total. The third-order valence-corrected chi connectivity index (χ3v) is 7.40. The quantitative estimate of drug-likeness (QED) is 0.433. The monoisotopic (exact) mass is 491 g/mol. The van der Waals surface area contributed by atoms with Crippen molar-refractivity contribution >= 4 is 29.3 Å². The summed E-state index contributed by atoms with van der Waals surface area (Å²) in [6.45, 7) is 7.94. The van der Waals surface area contributed by atoms with Gasteiger partial charge in [0.15, 0.2) is 11.0 Å². The van der Waals surface area contributed by atoms with Gasteiger partial charge in [0, 0.05) is 25.2 Å². The van der Waals surface area contributed by atoms with Crippen LogP contribution in [0.4, 0.5) is 5.69 Å². The number of nitrogens with zero attached hydrogens (tertiary/aromatic N) is 4. The van der Waals surface area contributed by atoms with Gasteiger partial charge in [0.05, 0.1) is 6.54 Å². The first kappa shape index (κ1) is 25.0. The summed E-state index contributed by atoms with van der Waals surface area (Å²) < 4.78 is 2.02. The molecule has 0 radical (unpaired) electrons. The molecule has 4 rings (SSSR count). The highest BCUT2D eigenvalue weighted by Crippen LogP contribution is 2.36. The van der Waals surface area contributed by atoms with Crippen molar-refractivity contribution in [2.45, 2.75) is 70.0 Å². The second-order valence-electron chi connectivity index (χ2n) is 9.04. The number of likely N-dealkylation sites (tertiary alicyclic amines) is 1. The molecule has 7 nitrogen and oxygen atoms in total. The topological polar surface area (TPSA) is 80.1 Å². The van der Waals surface area contributed by atoms with E-state index in [1.165, 1.54) is 11.8 Å². The summed E-state index contributed by atoms with van der Waals surface area (Å²) in [4.78, 5) is 27.9. The third-order valence-electron chi connectivity index (χ3n) is 6.17. The van der Waals surface area contributed by atoms with Crippen LogP contribution in [0.25, 0.3) is 0 Å². The molecule has 0 spiro atoms. The first-order chi connectivity index (χ1) is 16.9. The van der Waals surface area contributed by atoms with Crippen LogP contribution in [0, 0.1) is 13.8 Å². The van der Waals surface area contributed by atoms with Crippen molar-refractivity contribution in [1.82, 2.24) is 19.7 Å². The Bertz CT molecular complexity index is 1160. The summed E-state index contributed by atoms with van der Waals surface area (Å²) in [7, 11) is 0. The Morgan fingerprint density at radius 3 is 2.51 bits per heavy atom. The number of carbonyl (C=O) groups excluding carboxylic acids is 2. The molecule has 2 amide bonds. The van der Waals surface area contributed by atoms with Crippen LogP contribution in [0.1, 0.15) is 60.4 Å². The molecule has 0 aliphatic carbocycles. The van der Waals surface area contributed by atoms with Gasteiger partial charge in [-0.2, -0.15) is 0 Å². The Morgan fingerprint density at radius 2 is 1.80 bits per heavy atom. The van der Waals surface area contributed by atoms with Gasteiger partial charge in [0.1, 0.15) is 5.25 Å². The third kappa shape index (κ3) is 6.31. The Labute approximate surface area is 211 Å². The number of hydrogen-bond donors (Lipinski definition) is 1. The van der Waals surface area contributed by atoms with E-state index in [2.05, 4.69) is 21.6 Å². The van der Waals surface area contributed by atoms with E-state index in [0.29, 0.717) is 24.7 Å². The normalized spacial score (nSPS) is 15.1. The molecule has 3 aromatic rings. The zero-order chi connectivity index (χ0) is 24.8. The van der Waals surface area contributed by atoms with Gasteiger partial charge in [-0.15, -0.1) is 10.2 Å². The van der Waals surface area contributed by atoms with Crippen LogP contribution < -0.4 is 5.32 Å². The Balaban J connectivity index is 1.58. The van der Waals surface area contributed by atoms with Crippen molar-refractivity contribution in [2.24, 2.45) is 0 Å². The second-order valence-corrected chi connectivity index (χ2v) is 10.1. The Hall–Kier alpha value is -3.13. The molecule has 0 unspecified atom stereocenters. The Kier molecular flexibility index (Phi) is 8.23. The van der Waals surface area contributed by atoms with E-state index in [1.54, 1.807) is 0 Å². The minimum Gasteiger partial charge on any atom is -0.335 e. The fourth-order valence-electron chi connectivity index (χ4n) is 4.48. The molecule has 1 atom stereocenters. The van der Waals surface area contributed by atoms with Gasteiger partial charge in [0.25, 0.3) is 0 Å². The SMILES string of the molecule is CCn1c(CN2CCCCCC2=O)nnc1S[C@@H](C(=O)Nc1cc(C)cc(C)c1)c1ccccc1. The van der Waals surface area contributed by atoms with Crippen LogP contribution in [0.15, 0.2) is 53.7 Å². The molecular weight excluding hydrogens is 458 g/mol. The van der Waals surface area contributed by atoms with Crippen molar-refractivity contribution in [2.75, 3.05) is 11.9 Å². The largest absolute Gasteiger partial charge is 0.335 e. The van der Waals surface area contributed by atoms with Crippen LogP contribution >= 0.6 is 11.8 Å². The predicted octanol–water partition coefficient (Wildman–Crippen LogP) is 5.29. The highest BCUT2D eigenvalue weighted by molar-refractivity contribution is 8.00. The zero-order valence-electron chi connectivity index (χ0n) is 20.7. The van der Waals surface area contributed by atoms with Crippen LogP contribution in [0.5, 0.6) is 0 Å². The van der Waals surface area contributed by atoms with Gasteiger partial charge >= 0.3 is 0 Å². The minimum atomic E-state index is -0.501. The standard InChI is InChI=1S/C27H33N5O2S/c1-4-32-23(18-31-14-10-6-9-13-24(31)33)29-30-27(32)35-25(21-11-7-5-8-12-21)26(34)28-22-16-19(2)15-20(3)17-22/h5,7-8,11-12,15-17,25H,4,6,9-10,13-14,18H2,1-3H3,(H,28,34)/t25-/m1/s1. The van der Waals surface area contributed by atoms with E-state index in [4.69, 9.17) is 0 Å². The highest BCUT2D eigenvalue weighted by atomic mass is 32.2.